The maximum atomic E-state index is 12.8. The Labute approximate surface area is 194 Å². The summed E-state index contributed by atoms with van der Waals surface area (Å²) in [5.41, 5.74) is 4.95. The Hall–Kier alpha value is -3.81. The standard InChI is InChI=1S/C25H30N4O4/c1-14(2)33-23(30)21-17(5)29(6)25(32)28-22(21)18-8-7-9-19(13-18)26-24(31)27-20-11-10-15(3)16(4)12-20/h7-14,22H,1-6H3,(H,28,32)(H2,26,27,31)/t22-/m1/s1. The second-order valence-electron chi connectivity index (χ2n) is 8.40. The molecule has 0 fully saturated rings. The van der Waals surface area contributed by atoms with Gasteiger partial charge in [-0.15, -0.1) is 0 Å². The van der Waals surface area contributed by atoms with Gasteiger partial charge in [0.1, 0.15) is 0 Å². The van der Waals surface area contributed by atoms with Crippen LogP contribution in [0.25, 0.3) is 0 Å². The van der Waals surface area contributed by atoms with Crippen molar-refractivity contribution in [2.24, 2.45) is 0 Å². The molecule has 0 saturated carbocycles. The number of esters is 1. The van der Waals surface area contributed by atoms with Crippen LogP contribution in [-0.2, 0) is 9.53 Å². The third kappa shape index (κ3) is 5.52. The third-order valence-electron chi connectivity index (χ3n) is 5.56. The molecule has 3 N–H and O–H groups in total. The van der Waals surface area contributed by atoms with Crippen LogP contribution in [0.2, 0.25) is 0 Å². The first kappa shape index (κ1) is 23.8. The van der Waals surface area contributed by atoms with Crippen molar-refractivity contribution >= 4 is 29.4 Å². The Morgan fingerprint density at radius 3 is 2.30 bits per heavy atom. The van der Waals surface area contributed by atoms with Crippen molar-refractivity contribution in [2.45, 2.75) is 46.8 Å². The quantitative estimate of drug-likeness (QED) is 0.566. The SMILES string of the molecule is CC1=C(C(=O)OC(C)C)[C@@H](c2cccc(NC(=O)Nc3ccc(C)c(C)c3)c2)NC(=O)N1C. The van der Waals surface area contributed by atoms with Gasteiger partial charge in [-0.25, -0.2) is 14.4 Å². The van der Waals surface area contributed by atoms with Gasteiger partial charge in [-0.1, -0.05) is 18.2 Å². The number of rotatable bonds is 5. The van der Waals surface area contributed by atoms with Crippen LogP contribution in [0.3, 0.4) is 0 Å². The van der Waals surface area contributed by atoms with Crippen molar-refractivity contribution in [2.75, 3.05) is 17.7 Å². The zero-order chi connectivity index (χ0) is 24.3. The van der Waals surface area contributed by atoms with Gasteiger partial charge in [0.2, 0.25) is 0 Å². The molecule has 4 amide bonds. The summed E-state index contributed by atoms with van der Waals surface area (Å²) in [5.74, 6) is -0.495. The number of allylic oxidation sites excluding steroid dienone is 1. The summed E-state index contributed by atoms with van der Waals surface area (Å²) in [5, 5.41) is 8.47. The lowest BCUT2D eigenvalue weighted by molar-refractivity contribution is -0.143. The van der Waals surface area contributed by atoms with E-state index >= 15 is 0 Å². The van der Waals surface area contributed by atoms with Gasteiger partial charge in [-0.2, -0.15) is 0 Å². The molecule has 33 heavy (non-hydrogen) atoms. The molecule has 0 spiro atoms. The first-order valence-corrected chi connectivity index (χ1v) is 10.8. The molecule has 1 atom stereocenters. The number of ether oxygens (including phenoxy) is 1. The summed E-state index contributed by atoms with van der Waals surface area (Å²) >= 11 is 0. The monoisotopic (exact) mass is 450 g/mol. The first-order chi connectivity index (χ1) is 15.6. The van der Waals surface area contributed by atoms with E-state index < -0.39 is 18.0 Å². The maximum absolute atomic E-state index is 12.8. The molecule has 0 bridgehead atoms. The van der Waals surface area contributed by atoms with E-state index in [9.17, 15) is 14.4 Å². The molecule has 0 unspecified atom stereocenters. The van der Waals surface area contributed by atoms with Crippen molar-refractivity contribution in [1.82, 2.24) is 10.2 Å². The fourth-order valence-corrected chi connectivity index (χ4v) is 3.54. The molecule has 0 radical (unpaired) electrons. The summed E-state index contributed by atoms with van der Waals surface area (Å²) < 4.78 is 5.42. The minimum absolute atomic E-state index is 0.302. The molecule has 2 aromatic rings. The van der Waals surface area contributed by atoms with Crippen LogP contribution in [0.15, 0.2) is 53.7 Å². The second-order valence-corrected chi connectivity index (χ2v) is 8.40. The van der Waals surface area contributed by atoms with Gasteiger partial charge < -0.3 is 25.6 Å². The van der Waals surface area contributed by atoms with Crippen LogP contribution in [0.1, 0.15) is 43.5 Å². The molecule has 0 aliphatic carbocycles. The number of aryl methyl sites for hydroxylation is 2. The molecule has 3 rings (SSSR count). The molecule has 1 aliphatic heterocycles. The maximum Gasteiger partial charge on any atom is 0.338 e. The molecular weight excluding hydrogens is 420 g/mol. The van der Waals surface area contributed by atoms with E-state index in [4.69, 9.17) is 4.74 Å². The fraction of sp³-hybridized carbons (Fsp3) is 0.320. The van der Waals surface area contributed by atoms with Gasteiger partial charge >= 0.3 is 18.0 Å². The summed E-state index contributed by atoms with van der Waals surface area (Å²) in [6, 6.07) is 11.3. The molecule has 0 saturated heterocycles. The number of urea groups is 2. The lowest BCUT2D eigenvalue weighted by Crippen LogP contribution is -2.46. The second kappa shape index (κ2) is 9.77. The lowest BCUT2D eigenvalue weighted by Gasteiger charge is -2.33. The zero-order valence-electron chi connectivity index (χ0n) is 19.8. The van der Waals surface area contributed by atoms with Gasteiger partial charge in [0.05, 0.1) is 17.7 Å². The van der Waals surface area contributed by atoms with Gasteiger partial charge in [0.15, 0.2) is 0 Å². The number of anilines is 2. The van der Waals surface area contributed by atoms with Crippen LogP contribution >= 0.6 is 0 Å². The zero-order valence-corrected chi connectivity index (χ0v) is 19.8. The molecule has 1 aliphatic rings. The summed E-state index contributed by atoms with van der Waals surface area (Å²) in [4.78, 5) is 39.2. The molecular formula is C25H30N4O4. The first-order valence-electron chi connectivity index (χ1n) is 10.8. The van der Waals surface area contributed by atoms with E-state index in [1.807, 2.05) is 32.0 Å². The molecule has 1 heterocycles. The van der Waals surface area contributed by atoms with Gasteiger partial charge in [-0.05, 0) is 75.6 Å². The van der Waals surface area contributed by atoms with E-state index in [-0.39, 0.29) is 12.1 Å². The topological polar surface area (TPSA) is 99.8 Å². The minimum Gasteiger partial charge on any atom is -0.459 e. The third-order valence-corrected chi connectivity index (χ3v) is 5.56. The molecule has 8 heteroatoms. The van der Waals surface area contributed by atoms with Crippen molar-refractivity contribution in [3.63, 3.8) is 0 Å². The molecule has 174 valence electrons. The highest BCUT2D eigenvalue weighted by atomic mass is 16.5. The van der Waals surface area contributed by atoms with Crippen molar-refractivity contribution in [3.8, 4) is 0 Å². The fourth-order valence-electron chi connectivity index (χ4n) is 3.54. The highest BCUT2D eigenvalue weighted by Crippen LogP contribution is 2.32. The Balaban J connectivity index is 1.84. The summed E-state index contributed by atoms with van der Waals surface area (Å²) in [7, 11) is 1.60. The number of nitrogens with zero attached hydrogens (tertiary/aromatic N) is 1. The molecule has 0 aromatic heterocycles. The van der Waals surface area contributed by atoms with Crippen molar-refractivity contribution < 1.29 is 19.1 Å². The average Bonchev–Trinajstić information content (AvgIpc) is 2.74. The largest absolute Gasteiger partial charge is 0.459 e. The molecule has 2 aromatic carbocycles. The summed E-state index contributed by atoms with van der Waals surface area (Å²) in [6.07, 6.45) is -0.302. The summed E-state index contributed by atoms with van der Waals surface area (Å²) in [6.45, 7) is 9.24. The predicted molar refractivity (Wildman–Crippen MR) is 128 cm³/mol. The Morgan fingerprint density at radius 1 is 1.00 bits per heavy atom. The normalized spacial score (nSPS) is 15.9. The van der Waals surface area contributed by atoms with Crippen molar-refractivity contribution in [1.29, 1.82) is 0 Å². The van der Waals surface area contributed by atoms with E-state index in [0.717, 1.165) is 11.1 Å². The number of hydrogen-bond donors (Lipinski definition) is 3. The minimum atomic E-state index is -0.704. The van der Waals surface area contributed by atoms with Crippen LogP contribution in [0, 0.1) is 13.8 Å². The van der Waals surface area contributed by atoms with Crippen LogP contribution in [-0.4, -0.2) is 36.1 Å². The van der Waals surface area contributed by atoms with Crippen LogP contribution in [0.5, 0.6) is 0 Å². The molecule has 8 nitrogen and oxygen atoms in total. The number of benzene rings is 2. The lowest BCUT2D eigenvalue weighted by atomic mass is 9.94. The Kier molecular flexibility index (Phi) is 7.06. The number of amides is 4. The highest BCUT2D eigenvalue weighted by Gasteiger charge is 2.35. The van der Waals surface area contributed by atoms with E-state index in [1.54, 1.807) is 52.1 Å². The number of carbonyl (C=O) groups excluding carboxylic acids is 3. The van der Waals surface area contributed by atoms with E-state index in [2.05, 4.69) is 16.0 Å². The van der Waals surface area contributed by atoms with E-state index in [1.165, 1.54) is 4.90 Å². The van der Waals surface area contributed by atoms with Gasteiger partial charge in [0.25, 0.3) is 0 Å². The van der Waals surface area contributed by atoms with E-state index in [0.29, 0.717) is 28.2 Å². The number of carbonyl (C=O) groups is 3. The number of hydrogen-bond acceptors (Lipinski definition) is 4. The predicted octanol–water partition coefficient (Wildman–Crippen LogP) is 4.87. The van der Waals surface area contributed by atoms with Crippen LogP contribution < -0.4 is 16.0 Å². The Morgan fingerprint density at radius 2 is 1.67 bits per heavy atom. The van der Waals surface area contributed by atoms with Crippen LogP contribution in [0.4, 0.5) is 21.0 Å². The average molecular weight is 451 g/mol. The van der Waals surface area contributed by atoms with Crippen molar-refractivity contribution in [3.05, 3.63) is 70.4 Å². The van der Waals surface area contributed by atoms with Gasteiger partial charge in [-0.3, -0.25) is 0 Å². The smallest absolute Gasteiger partial charge is 0.338 e. The number of nitrogens with one attached hydrogen (secondary N) is 3. The highest BCUT2D eigenvalue weighted by molar-refractivity contribution is 6.00. The van der Waals surface area contributed by atoms with Gasteiger partial charge in [0, 0.05) is 24.1 Å². The Bertz CT molecular complexity index is 1120.